The molecule has 7 heteroatoms. The highest BCUT2D eigenvalue weighted by molar-refractivity contribution is 6.05. The van der Waals surface area contributed by atoms with Crippen molar-refractivity contribution in [2.75, 3.05) is 18.7 Å². The summed E-state index contributed by atoms with van der Waals surface area (Å²) in [5, 5.41) is 2.60. The van der Waals surface area contributed by atoms with E-state index in [9.17, 15) is 14.4 Å². The van der Waals surface area contributed by atoms with Gasteiger partial charge in [-0.1, -0.05) is 45.0 Å². The van der Waals surface area contributed by atoms with Crippen LogP contribution in [0, 0.1) is 0 Å². The standard InChI is InChI=1S/C24H27NO6/c1-15(26)18-11-20-21(31-14-30-20)12-19(18)25-22(27)13-29-23(28)10-7-16-5-8-17(9-6-16)24(2,3)4/h5-6,8-9,11-12H,7,10,13-14H2,1-4H3,(H,25,27). The average molecular weight is 425 g/mol. The van der Waals surface area contributed by atoms with Crippen molar-refractivity contribution in [3.63, 3.8) is 0 Å². The van der Waals surface area contributed by atoms with E-state index >= 15 is 0 Å². The SMILES string of the molecule is CC(=O)c1cc2c(cc1NC(=O)COC(=O)CCc1ccc(C(C)(C)C)cc1)OCO2. The van der Waals surface area contributed by atoms with Gasteiger partial charge in [0.1, 0.15) is 0 Å². The third-order valence-electron chi connectivity index (χ3n) is 4.97. The molecule has 0 spiro atoms. The number of amides is 1. The molecule has 7 nitrogen and oxygen atoms in total. The van der Waals surface area contributed by atoms with Gasteiger partial charge in [-0.2, -0.15) is 0 Å². The number of hydrogen-bond acceptors (Lipinski definition) is 6. The summed E-state index contributed by atoms with van der Waals surface area (Å²) >= 11 is 0. The maximum Gasteiger partial charge on any atom is 0.306 e. The normalized spacial score (nSPS) is 12.4. The summed E-state index contributed by atoms with van der Waals surface area (Å²) in [5.41, 5.74) is 2.91. The first kappa shape index (κ1) is 22.3. The molecule has 0 radical (unpaired) electrons. The lowest BCUT2D eigenvalue weighted by atomic mass is 9.86. The minimum atomic E-state index is -0.538. The zero-order valence-corrected chi connectivity index (χ0v) is 18.2. The van der Waals surface area contributed by atoms with Crippen molar-refractivity contribution < 1.29 is 28.6 Å². The predicted molar refractivity (Wildman–Crippen MR) is 116 cm³/mol. The Hall–Kier alpha value is -3.35. The topological polar surface area (TPSA) is 90.9 Å². The van der Waals surface area contributed by atoms with Crippen LogP contribution in [-0.4, -0.2) is 31.1 Å². The molecule has 0 saturated carbocycles. The van der Waals surface area contributed by atoms with Crippen LogP contribution < -0.4 is 14.8 Å². The number of aryl methyl sites for hydroxylation is 1. The second-order valence-corrected chi connectivity index (χ2v) is 8.46. The van der Waals surface area contributed by atoms with Gasteiger partial charge < -0.3 is 19.5 Å². The molecule has 0 saturated heterocycles. The molecule has 1 aliphatic heterocycles. The fraction of sp³-hybridized carbons (Fsp3) is 0.375. The van der Waals surface area contributed by atoms with Gasteiger partial charge in [0.15, 0.2) is 23.9 Å². The molecule has 164 valence electrons. The maximum absolute atomic E-state index is 12.2. The predicted octanol–water partition coefficient (Wildman–Crippen LogP) is 4.03. The molecule has 1 amide bonds. The molecule has 2 aromatic rings. The van der Waals surface area contributed by atoms with E-state index in [0.29, 0.717) is 23.5 Å². The number of benzene rings is 2. The molecule has 0 fully saturated rings. The van der Waals surface area contributed by atoms with Gasteiger partial charge in [0.05, 0.1) is 5.69 Å². The quantitative estimate of drug-likeness (QED) is 0.532. The molecule has 31 heavy (non-hydrogen) atoms. The Bertz CT molecular complexity index is 988. The van der Waals surface area contributed by atoms with E-state index in [-0.39, 0.29) is 30.1 Å². The van der Waals surface area contributed by atoms with E-state index in [4.69, 9.17) is 14.2 Å². The number of carbonyl (C=O) groups excluding carboxylic acids is 3. The van der Waals surface area contributed by atoms with E-state index < -0.39 is 18.5 Å². The van der Waals surface area contributed by atoms with Crippen LogP contribution in [0.3, 0.4) is 0 Å². The minimum absolute atomic E-state index is 0.0562. The van der Waals surface area contributed by atoms with Gasteiger partial charge in [0, 0.05) is 18.1 Å². The third kappa shape index (κ3) is 5.84. The highest BCUT2D eigenvalue weighted by Gasteiger charge is 2.21. The second-order valence-electron chi connectivity index (χ2n) is 8.46. The molecule has 1 heterocycles. The molecule has 0 aromatic heterocycles. The van der Waals surface area contributed by atoms with Gasteiger partial charge in [-0.3, -0.25) is 14.4 Å². The molecule has 2 aromatic carbocycles. The zero-order chi connectivity index (χ0) is 22.6. The van der Waals surface area contributed by atoms with Gasteiger partial charge in [0.25, 0.3) is 5.91 Å². The fourth-order valence-corrected chi connectivity index (χ4v) is 3.16. The first-order valence-corrected chi connectivity index (χ1v) is 10.1. The van der Waals surface area contributed by atoms with E-state index in [1.54, 1.807) is 0 Å². The zero-order valence-electron chi connectivity index (χ0n) is 18.2. The van der Waals surface area contributed by atoms with E-state index in [1.807, 2.05) is 12.1 Å². The summed E-state index contributed by atoms with van der Waals surface area (Å²) in [7, 11) is 0. The van der Waals surface area contributed by atoms with Crippen LogP contribution in [0.15, 0.2) is 36.4 Å². The van der Waals surface area contributed by atoms with E-state index in [0.717, 1.165) is 5.56 Å². The van der Waals surface area contributed by atoms with Crippen LogP contribution in [0.4, 0.5) is 5.69 Å². The second kappa shape index (κ2) is 9.20. The minimum Gasteiger partial charge on any atom is -0.456 e. The van der Waals surface area contributed by atoms with Crippen LogP contribution in [0.25, 0.3) is 0 Å². The third-order valence-corrected chi connectivity index (χ3v) is 4.97. The van der Waals surface area contributed by atoms with Crippen LogP contribution in [-0.2, 0) is 26.2 Å². The molecule has 3 rings (SSSR count). The van der Waals surface area contributed by atoms with Crippen LogP contribution in [0.5, 0.6) is 11.5 Å². The van der Waals surface area contributed by atoms with E-state index in [1.165, 1.54) is 24.6 Å². The Morgan fingerprint density at radius 2 is 1.68 bits per heavy atom. The summed E-state index contributed by atoms with van der Waals surface area (Å²) in [6.07, 6.45) is 0.701. The van der Waals surface area contributed by atoms with Crippen LogP contribution in [0.1, 0.15) is 55.6 Å². The number of esters is 1. The monoisotopic (exact) mass is 425 g/mol. The summed E-state index contributed by atoms with van der Waals surface area (Å²) in [6.45, 7) is 7.45. The molecule has 0 aliphatic carbocycles. The lowest BCUT2D eigenvalue weighted by molar-refractivity contribution is -0.147. The molecular weight excluding hydrogens is 398 g/mol. The summed E-state index contributed by atoms with van der Waals surface area (Å²) in [6, 6.07) is 11.2. The fourth-order valence-electron chi connectivity index (χ4n) is 3.16. The molecule has 0 unspecified atom stereocenters. The van der Waals surface area contributed by atoms with Crippen molar-refractivity contribution in [2.24, 2.45) is 0 Å². The van der Waals surface area contributed by atoms with Crippen molar-refractivity contribution in [3.8, 4) is 11.5 Å². The Kier molecular flexibility index (Phi) is 6.63. The lowest BCUT2D eigenvalue weighted by Gasteiger charge is -2.19. The number of Topliss-reactive ketones (excluding diaryl/α,β-unsaturated/α-hetero) is 1. The van der Waals surface area contributed by atoms with Gasteiger partial charge in [-0.15, -0.1) is 0 Å². The highest BCUT2D eigenvalue weighted by Crippen LogP contribution is 2.37. The van der Waals surface area contributed by atoms with Crippen LogP contribution in [0.2, 0.25) is 0 Å². The molecule has 1 aliphatic rings. The Morgan fingerprint density at radius 1 is 1.03 bits per heavy atom. The van der Waals surface area contributed by atoms with Crippen LogP contribution >= 0.6 is 0 Å². The molecule has 0 bridgehead atoms. The van der Waals surface area contributed by atoms with Crippen molar-refractivity contribution in [2.45, 2.75) is 46.0 Å². The Labute approximate surface area is 181 Å². The number of carbonyl (C=O) groups is 3. The van der Waals surface area contributed by atoms with Gasteiger partial charge >= 0.3 is 5.97 Å². The van der Waals surface area contributed by atoms with Crippen molar-refractivity contribution in [1.29, 1.82) is 0 Å². The van der Waals surface area contributed by atoms with Crippen molar-refractivity contribution >= 4 is 23.3 Å². The van der Waals surface area contributed by atoms with Gasteiger partial charge in [0.2, 0.25) is 6.79 Å². The summed E-state index contributed by atoms with van der Waals surface area (Å²) in [4.78, 5) is 36.1. The molecule has 1 N–H and O–H groups in total. The average Bonchev–Trinajstić information content (AvgIpc) is 3.17. The van der Waals surface area contributed by atoms with Gasteiger partial charge in [-0.05, 0) is 36.0 Å². The maximum atomic E-state index is 12.2. The Morgan fingerprint density at radius 3 is 2.29 bits per heavy atom. The number of nitrogens with one attached hydrogen (secondary N) is 1. The smallest absolute Gasteiger partial charge is 0.306 e. The van der Waals surface area contributed by atoms with E-state index in [2.05, 4.69) is 38.2 Å². The van der Waals surface area contributed by atoms with Crippen molar-refractivity contribution in [3.05, 3.63) is 53.1 Å². The largest absolute Gasteiger partial charge is 0.456 e. The number of fused-ring (bicyclic) bond motifs is 1. The lowest BCUT2D eigenvalue weighted by Crippen LogP contribution is -2.22. The number of ether oxygens (including phenoxy) is 3. The number of anilines is 1. The summed E-state index contributed by atoms with van der Waals surface area (Å²) < 4.78 is 15.6. The first-order chi connectivity index (χ1) is 14.6. The van der Waals surface area contributed by atoms with Crippen molar-refractivity contribution in [1.82, 2.24) is 0 Å². The number of hydrogen-bond donors (Lipinski definition) is 1. The molecular formula is C24H27NO6. The van der Waals surface area contributed by atoms with Gasteiger partial charge in [-0.25, -0.2) is 0 Å². The first-order valence-electron chi connectivity index (χ1n) is 10.1. The highest BCUT2D eigenvalue weighted by atomic mass is 16.7. The Balaban J connectivity index is 1.50. The number of ketones is 1. The number of rotatable bonds is 7. The molecule has 0 atom stereocenters. The summed E-state index contributed by atoms with van der Waals surface area (Å²) in [5.74, 6) is -0.347.